The van der Waals surface area contributed by atoms with E-state index in [1.54, 1.807) is 25.7 Å². The molecule has 1 saturated heterocycles. The van der Waals surface area contributed by atoms with E-state index in [4.69, 9.17) is 16.3 Å². The van der Waals surface area contributed by atoms with E-state index in [-0.39, 0.29) is 22.8 Å². The number of alkyl halides is 3. The molecule has 0 aromatic heterocycles. The van der Waals surface area contributed by atoms with Gasteiger partial charge in [0.05, 0.1) is 16.8 Å². The van der Waals surface area contributed by atoms with E-state index in [1.807, 2.05) is 4.90 Å². The second kappa shape index (κ2) is 12.0. The molecule has 1 amide bonds. The minimum absolute atomic E-state index is 0.0587. The molecular formula is C24H28ClF4N3O5S. The Kier molecular flexibility index (Phi) is 9.37. The lowest BCUT2D eigenvalue weighted by Gasteiger charge is -2.39. The van der Waals surface area contributed by atoms with Crippen LogP contribution in [0.4, 0.5) is 28.0 Å². The average Bonchev–Trinajstić information content (AvgIpc) is 2.79. The molecule has 0 aliphatic carbocycles. The fourth-order valence-corrected chi connectivity index (χ4v) is 4.79. The van der Waals surface area contributed by atoms with Crippen molar-refractivity contribution >= 4 is 34.3 Å². The quantitative estimate of drug-likeness (QED) is 0.366. The van der Waals surface area contributed by atoms with Gasteiger partial charge in [-0.3, -0.25) is 9.21 Å². The number of nitrogens with zero attached hydrogens (tertiary/aromatic N) is 3. The number of carbonyl (C=O) groups excluding carboxylic acids is 1. The van der Waals surface area contributed by atoms with Gasteiger partial charge in [0.15, 0.2) is 0 Å². The first-order valence-corrected chi connectivity index (χ1v) is 13.1. The minimum Gasteiger partial charge on any atom is -0.444 e. The molecule has 1 heterocycles. The molecule has 1 unspecified atom stereocenters. The lowest BCUT2D eigenvalue weighted by atomic mass is 10.0. The number of hydrogen-bond acceptors (Lipinski definition) is 6. The minimum atomic E-state index is -4.91. The Labute approximate surface area is 224 Å². The van der Waals surface area contributed by atoms with Gasteiger partial charge in [-0.25, -0.2) is 17.6 Å². The highest BCUT2D eigenvalue weighted by Gasteiger charge is 2.32. The molecule has 0 bridgehead atoms. The monoisotopic (exact) mass is 581 g/mol. The van der Waals surface area contributed by atoms with Crippen molar-refractivity contribution in [2.75, 3.05) is 37.0 Å². The Bertz CT molecular complexity index is 1190. The molecule has 38 heavy (non-hydrogen) atoms. The first-order chi connectivity index (χ1) is 17.6. The molecule has 210 valence electrons. The van der Waals surface area contributed by atoms with Gasteiger partial charge in [-0.05, 0) is 62.7 Å². The summed E-state index contributed by atoms with van der Waals surface area (Å²) >= 11 is 5.82. The van der Waals surface area contributed by atoms with Crippen LogP contribution in [0, 0.1) is 5.82 Å². The summed E-state index contributed by atoms with van der Waals surface area (Å²) in [5.41, 5.74) is -0.307. The molecule has 1 aliphatic heterocycles. The van der Waals surface area contributed by atoms with Crippen molar-refractivity contribution in [3.05, 3.63) is 58.9 Å². The number of rotatable bonds is 7. The van der Waals surface area contributed by atoms with Crippen LogP contribution in [0.2, 0.25) is 5.02 Å². The highest BCUT2D eigenvalue weighted by atomic mass is 35.5. The van der Waals surface area contributed by atoms with Gasteiger partial charge in [0.2, 0.25) is 10.9 Å². The number of piperazine rings is 1. The van der Waals surface area contributed by atoms with Crippen LogP contribution in [-0.4, -0.2) is 69.0 Å². The van der Waals surface area contributed by atoms with Gasteiger partial charge in [-0.15, -0.1) is 13.2 Å². The number of carbonyl (C=O) groups is 1. The van der Waals surface area contributed by atoms with E-state index >= 15 is 0 Å². The van der Waals surface area contributed by atoms with E-state index in [9.17, 15) is 30.8 Å². The summed E-state index contributed by atoms with van der Waals surface area (Å²) < 4.78 is 87.2. The van der Waals surface area contributed by atoms with E-state index in [0.717, 1.165) is 22.5 Å². The summed E-state index contributed by atoms with van der Waals surface area (Å²) in [6, 6.07) is 7.29. The molecule has 1 aliphatic rings. The summed E-state index contributed by atoms with van der Waals surface area (Å²) in [6.07, 6.45) is -5.37. The topological polar surface area (TPSA) is 79.4 Å². The summed E-state index contributed by atoms with van der Waals surface area (Å²) in [5, 5.41) is -0.148. The SMILES string of the molecule is CC(C)(C)OC(=O)N1CCN(CC(c2ccc(Cl)c(F)c2)N(c2ccc(OC(F)(F)F)cc2)[SH](=O)=O)CC1. The third-order valence-electron chi connectivity index (χ3n) is 5.59. The van der Waals surface area contributed by atoms with Gasteiger partial charge >= 0.3 is 12.5 Å². The molecule has 14 heteroatoms. The first-order valence-electron chi connectivity index (χ1n) is 11.6. The third-order valence-corrected chi connectivity index (χ3v) is 6.76. The standard InChI is InChI=1S/C24H28ClF4N3O5S/c1-23(2,3)37-22(33)31-12-10-30(11-13-31)15-21(16-4-9-19(25)20(26)14-16)32(38(34)35)17-5-7-18(8-6-17)36-24(27,28)29/h4-9,14,21,38H,10-13,15H2,1-3H3. The van der Waals surface area contributed by atoms with Gasteiger partial charge < -0.3 is 14.4 Å². The average molecular weight is 582 g/mol. The van der Waals surface area contributed by atoms with E-state index in [1.165, 1.54) is 24.3 Å². The summed E-state index contributed by atoms with van der Waals surface area (Å²) in [7, 11) is -3.32. The number of halogens is 5. The maximum Gasteiger partial charge on any atom is 0.573 e. The lowest BCUT2D eigenvalue weighted by molar-refractivity contribution is -0.274. The maximum absolute atomic E-state index is 14.4. The van der Waals surface area contributed by atoms with Gasteiger partial charge in [-0.1, -0.05) is 17.7 Å². The zero-order chi connectivity index (χ0) is 28.3. The smallest absolute Gasteiger partial charge is 0.444 e. The summed E-state index contributed by atoms with van der Waals surface area (Å²) in [5.74, 6) is -1.27. The molecule has 0 spiro atoms. The Hall–Kier alpha value is -2.77. The van der Waals surface area contributed by atoms with Crippen molar-refractivity contribution < 1.29 is 40.2 Å². The van der Waals surface area contributed by atoms with Gasteiger partial charge in [0, 0.05) is 32.7 Å². The van der Waals surface area contributed by atoms with Crippen LogP contribution in [0.3, 0.4) is 0 Å². The number of benzene rings is 2. The molecule has 1 atom stereocenters. The highest BCUT2D eigenvalue weighted by Crippen LogP contribution is 2.33. The number of hydrogen-bond donors (Lipinski definition) is 1. The zero-order valence-electron chi connectivity index (χ0n) is 20.9. The van der Waals surface area contributed by atoms with Crippen molar-refractivity contribution in [1.29, 1.82) is 0 Å². The van der Waals surface area contributed by atoms with Crippen molar-refractivity contribution in [2.45, 2.75) is 38.8 Å². The second-order valence-corrected chi connectivity index (χ2v) is 10.9. The van der Waals surface area contributed by atoms with Gasteiger partial charge in [0.1, 0.15) is 17.2 Å². The van der Waals surface area contributed by atoms with Crippen molar-refractivity contribution in [1.82, 2.24) is 9.80 Å². The summed E-state index contributed by atoms with van der Waals surface area (Å²) in [4.78, 5) is 15.8. The van der Waals surface area contributed by atoms with E-state index in [2.05, 4.69) is 4.74 Å². The van der Waals surface area contributed by atoms with Crippen molar-refractivity contribution in [2.24, 2.45) is 0 Å². The zero-order valence-corrected chi connectivity index (χ0v) is 22.5. The molecule has 2 aromatic rings. The van der Waals surface area contributed by atoms with Crippen LogP contribution in [0.25, 0.3) is 0 Å². The Morgan fingerprint density at radius 2 is 1.66 bits per heavy atom. The van der Waals surface area contributed by atoms with Gasteiger partial charge in [0.25, 0.3) is 0 Å². The predicted octanol–water partition coefficient (Wildman–Crippen LogP) is 5.00. The number of thiol groups is 1. The predicted molar refractivity (Wildman–Crippen MR) is 134 cm³/mol. The van der Waals surface area contributed by atoms with Crippen LogP contribution in [0.5, 0.6) is 5.75 Å². The molecule has 2 aromatic carbocycles. The Balaban J connectivity index is 1.86. The molecule has 0 radical (unpaired) electrons. The highest BCUT2D eigenvalue weighted by molar-refractivity contribution is 7.74. The summed E-state index contributed by atoms with van der Waals surface area (Å²) in [6.45, 7) is 6.80. The first kappa shape index (κ1) is 29.8. The molecule has 8 nitrogen and oxygen atoms in total. The molecule has 1 fully saturated rings. The lowest BCUT2D eigenvalue weighted by Crippen LogP contribution is -2.51. The van der Waals surface area contributed by atoms with Crippen LogP contribution < -0.4 is 9.04 Å². The van der Waals surface area contributed by atoms with Gasteiger partial charge in [-0.2, -0.15) is 0 Å². The fraction of sp³-hybridized carbons (Fsp3) is 0.458. The van der Waals surface area contributed by atoms with Crippen LogP contribution in [0.1, 0.15) is 32.4 Å². The van der Waals surface area contributed by atoms with Crippen molar-refractivity contribution in [3.63, 3.8) is 0 Å². The largest absolute Gasteiger partial charge is 0.573 e. The number of anilines is 1. The normalized spacial score (nSPS) is 15.9. The number of amides is 1. The maximum atomic E-state index is 14.4. The van der Waals surface area contributed by atoms with E-state index < -0.39 is 46.6 Å². The Morgan fingerprint density at radius 1 is 1.05 bits per heavy atom. The molecule has 0 saturated carbocycles. The van der Waals surface area contributed by atoms with Crippen molar-refractivity contribution in [3.8, 4) is 5.75 Å². The fourth-order valence-electron chi connectivity index (χ4n) is 3.92. The van der Waals surface area contributed by atoms with Crippen LogP contribution in [0.15, 0.2) is 42.5 Å². The Morgan fingerprint density at radius 3 is 2.16 bits per heavy atom. The second-order valence-electron chi connectivity index (χ2n) is 9.58. The molecule has 3 rings (SSSR count). The van der Waals surface area contributed by atoms with Crippen LogP contribution >= 0.6 is 11.6 Å². The molecule has 0 N–H and O–H groups in total. The molecular weight excluding hydrogens is 554 g/mol. The third kappa shape index (κ3) is 8.37. The van der Waals surface area contributed by atoms with Crippen LogP contribution in [-0.2, 0) is 15.6 Å². The van der Waals surface area contributed by atoms with E-state index in [0.29, 0.717) is 26.2 Å². The number of ether oxygens (including phenoxy) is 2.